The van der Waals surface area contributed by atoms with Gasteiger partial charge in [-0.3, -0.25) is 4.79 Å². The third-order valence-corrected chi connectivity index (χ3v) is 5.48. The second kappa shape index (κ2) is 9.26. The van der Waals surface area contributed by atoms with Gasteiger partial charge >= 0.3 is 5.97 Å². The minimum Gasteiger partial charge on any atom is -0.465 e. The van der Waals surface area contributed by atoms with E-state index in [1.807, 2.05) is 48.5 Å². The van der Waals surface area contributed by atoms with Gasteiger partial charge in [-0.1, -0.05) is 53.7 Å². The highest BCUT2D eigenvalue weighted by Crippen LogP contribution is 2.37. The average molecular weight is 405 g/mol. The van der Waals surface area contributed by atoms with Crippen LogP contribution in [0.1, 0.15) is 17.7 Å². The van der Waals surface area contributed by atoms with Crippen LogP contribution in [0.3, 0.4) is 0 Å². The Morgan fingerprint density at radius 2 is 2.04 bits per heavy atom. The number of imidazole rings is 1. The van der Waals surface area contributed by atoms with E-state index in [0.717, 1.165) is 21.8 Å². The number of thioether (sulfide) groups is 1. The number of ether oxygens (including phenoxy) is 2. The Labute approximate surface area is 167 Å². The van der Waals surface area contributed by atoms with Crippen molar-refractivity contribution < 1.29 is 14.3 Å². The summed E-state index contributed by atoms with van der Waals surface area (Å²) in [6.45, 7) is 3.30. The Balaban J connectivity index is 2.01. The van der Waals surface area contributed by atoms with Crippen molar-refractivity contribution in [2.24, 2.45) is 0 Å². The van der Waals surface area contributed by atoms with Gasteiger partial charge in [0.15, 0.2) is 5.16 Å². The second-order valence-electron chi connectivity index (χ2n) is 5.83. The monoisotopic (exact) mass is 404 g/mol. The molecule has 0 aliphatic rings. The average Bonchev–Trinajstić information content (AvgIpc) is 3.01. The summed E-state index contributed by atoms with van der Waals surface area (Å²) in [5.74, 6) is -0.280. The van der Waals surface area contributed by atoms with Crippen LogP contribution in [0, 0.1) is 0 Å². The predicted molar refractivity (Wildman–Crippen MR) is 108 cm³/mol. The molecule has 5 nitrogen and oxygen atoms in total. The van der Waals surface area contributed by atoms with Crippen LogP contribution >= 0.6 is 23.4 Å². The highest BCUT2D eigenvalue weighted by atomic mass is 35.5. The van der Waals surface area contributed by atoms with Gasteiger partial charge in [0.2, 0.25) is 0 Å². The Hall–Kier alpha value is -2.02. The summed E-state index contributed by atoms with van der Waals surface area (Å²) in [5, 5.41) is 0.853. The zero-order valence-electron chi connectivity index (χ0n) is 15.2. The van der Waals surface area contributed by atoms with Crippen molar-refractivity contribution in [3.05, 3.63) is 59.1 Å². The smallest absolute Gasteiger partial charge is 0.324 e. The number of carbonyl (C=O) groups is 1. The van der Waals surface area contributed by atoms with Gasteiger partial charge in [-0.15, -0.1) is 0 Å². The number of methoxy groups -OCH3 is 1. The molecule has 0 aliphatic heterocycles. The van der Waals surface area contributed by atoms with E-state index in [9.17, 15) is 4.79 Å². The molecule has 1 aromatic heterocycles. The van der Waals surface area contributed by atoms with Gasteiger partial charge in [-0.2, -0.15) is 0 Å². The highest BCUT2D eigenvalue weighted by Gasteiger charge is 2.26. The standard InChI is InChI=1S/C20H21ClN2O3S/c1-3-26-19(24)18(14-7-5-4-6-8-14)27-20-22-16-13-15(21)9-10-17(16)23(20)11-12-25-2/h4-10,13,18H,3,11-12H2,1-2H3. The lowest BCUT2D eigenvalue weighted by Gasteiger charge is -2.16. The van der Waals surface area contributed by atoms with Crippen molar-refractivity contribution in [3.8, 4) is 0 Å². The topological polar surface area (TPSA) is 53.3 Å². The van der Waals surface area contributed by atoms with E-state index >= 15 is 0 Å². The van der Waals surface area contributed by atoms with Crippen LogP contribution in [0.2, 0.25) is 5.02 Å². The largest absolute Gasteiger partial charge is 0.465 e. The maximum Gasteiger partial charge on any atom is 0.324 e. The molecule has 0 saturated heterocycles. The van der Waals surface area contributed by atoms with E-state index in [1.165, 1.54) is 11.8 Å². The number of carbonyl (C=O) groups excluding carboxylic acids is 1. The Bertz CT molecular complexity index is 914. The summed E-state index contributed by atoms with van der Waals surface area (Å²) in [6.07, 6.45) is 0. The Kier molecular flexibility index (Phi) is 6.77. The Morgan fingerprint density at radius 3 is 2.74 bits per heavy atom. The van der Waals surface area contributed by atoms with Crippen molar-refractivity contribution in [1.29, 1.82) is 0 Å². The number of halogens is 1. The van der Waals surface area contributed by atoms with Gasteiger partial charge in [0, 0.05) is 18.7 Å². The predicted octanol–water partition coefficient (Wildman–Crippen LogP) is 4.73. The first-order valence-corrected chi connectivity index (χ1v) is 9.92. The zero-order chi connectivity index (χ0) is 19.2. The number of hydrogen-bond acceptors (Lipinski definition) is 5. The summed E-state index contributed by atoms with van der Waals surface area (Å²) in [4.78, 5) is 17.3. The molecular weight excluding hydrogens is 384 g/mol. The first kappa shape index (κ1) is 19.7. The van der Waals surface area contributed by atoms with Gasteiger partial charge in [0.05, 0.1) is 24.2 Å². The van der Waals surface area contributed by atoms with Gasteiger partial charge < -0.3 is 14.0 Å². The van der Waals surface area contributed by atoms with Crippen LogP contribution in [0.4, 0.5) is 0 Å². The molecule has 0 spiro atoms. The molecule has 3 aromatic rings. The van der Waals surface area contributed by atoms with Crippen molar-refractivity contribution in [2.45, 2.75) is 23.9 Å². The number of rotatable bonds is 8. The van der Waals surface area contributed by atoms with Crippen LogP contribution in [-0.2, 0) is 20.8 Å². The van der Waals surface area contributed by atoms with Crippen LogP contribution in [0.5, 0.6) is 0 Å². The van der Waals surface area contributed by atoms with Crippen LogP contribution in [-0.4, -0.2) is 35.8 Å². The third kappa shape index (κ3) is 4.64. The summed E-state index contributed by atoms with van der Waals surface area (Å²) < 4.78 is 12.6. The number of esters is 1. The molecule has 0 N–H and O–H groups in total. The van der Waals surface area contributed by atoms with Crippen molar-refractivity contribution in [2.75, 3.05) is 20.3 Å². The normalized spacial score (nSPS) is 12.3. The quantitative estimate of drug-likeness (QED) is 0.401. The van der Waals surface area contributed by atoms with Gasteiger partial charge in [-0.05, 0) is 30.7 Å². The fraction of sp³-hybridized carbons (Fsp3) is 0.300. The maximum atomic E-state index is 12.6. The lowest BCUT2D eigenvalue weighted by Crippen LogP contribution is -2.14. The molecule has 7 heteroatoms. The van der Waals surface area contributed by atoms with Crippen molar-refractivity contribution in [1.82, 2.24) is 9.55 Å². The molecule has 1 unspecified atom stereocenters. The van der Waals surface area contributed by atoms with Crippen LogP contribution in [0.25, 0.3) is 11.0 Å². The van der Waals surface area contributed by atoms with E-state index in [-0.39, 0.29) is 5.97 Å². The lowest BCUT2D eigenvalue weighted by atomic mass is 10.1. The molecule has 142 valence electrons. The molecule has 0 amide bonds. The number of fused-ring (bicyclic) bond motifs is 1. The molecule has 3 rings (SSSR count). The minimum absolute atomic E-state index is 0.280. The minimum atomic E-state index is -0.500. The lowest BCUT2D eigenvalue weighted by molar-refractivity contribution is -0.142. The number of benzene rings is 2. The summed E-state index contributed by atoms with van der Waals surface area (Å²) >= 11 is 7.50. The van der Waals surface area contributed by atoms with Gasteiger partial charge in [-0.25, -0.2) is 4.98 Å². The van der Waals surface area contributed by atoms with Gasteiger partial charge in [0.25, 0.3) is 0 Å². The molecule has 2 aromatic carbocycles. The molecule has 1 heterocycles. The van der Waals surface area contributed by atoms with E-state index in [1.54, 1.807) is 14.0 Å². The molecule has 0 radical (unpaired) electrons. The Morgan fingerprint density at radius 1 is 1.26 bits per heavy atom. The molecule has 1 atom stereocenters. The van der Waals surface area contributed by atoms with Crippen molar-refractivity contribution in [3.63, 3.8) is 0 Å². The van der Waals surface area contributed by atoms with Crippen molar-refractivity contribution >= 4 is 40.4 Å². The number of aromatic nitrogens is 2. The fourth-order valence-corrected chi connectivity index (χ4v) is 4.08. The van der Waals surface area contributed by atoms with E-state index in [2.05, 4.69) is 4.57 Å². The molecule has 27 heavy (non-hydrogen) atoms. The second-order valence-corrected chi connectivity index (χ2v) is 7.34. The zero-order valence-corrected chi connectivity index (χ0v) is 16.8. The molecule has 0 saturated carbocycles. The molecule has 0 bridgehead atoms. The molecule has 0 fully saturated rings. The summed E-state index contributed by atoms with van der Waals surface area (Å²) in [5.41, 5.74) is 2.62. The first-order chi connectivity index (χ1) is 13.1. The number of nitrogens with zero attached hydrogens (tertiary/aromatic N) is 2. The molecule has 0 aliphatic carbocycles. The first-order valence-electron chi connectivity index (χ1n) is 8.67. The van der Waals surface area contributed by atoms with E-state index in [4.69, 9.17) is 26.1 Å². The molecular formula is C20H21ClN2O3S. The van der Waals surface area contributed by atoms with Gasteiger partial charge in [0.1, 0.15) is 5.25 Å². The fourth-order valence-electron chi connectivity index (χ4n) is 2.77. The van der Waals surface area contributed by atoms with Crippen LogP contribution < -0.4 is 0 Å². The SMILES string of the molecule is CCOC(=O)C(Sc1nc2cc(Cl)ccc2n1CCOC)c1ccccc1. The summed E-state index contributed by atoms with van der Waals surface area (Å²) in [7, 11) is 1.66. The highest BCUT2D eigenvalue weighted by molar-refractivity contribution is 8.00. The van der Waals surface area contributed by atoms with E-state index < -0.39 is 5.25 Å². The maximum absolute atomic E-state index is 12.6. The third-order valence-electron chi connectivity index (χ3n) is 4.02. The number of hydrogen-bond donors (Lipinski definition) is 0. The van der Waals surface area contributed by atoms with Crippen LogP contribution in [0.15, 0.2) is 53.7 Å². The van der Waals surface area contributed by atoms with E-state index in [0.29, 0.717) is 24.8 Å². The summed E-state index contributed by atoms with van der Waals surface area (Å²) in [6, 6.07) is 15.2.